The Morgan fingerprint density at radius 2 is 1.93 bits per heavy atom. The zero-order valence-electron chi connectivity index (χ0n) is 8.93. The second kappa shape index (κ2) is 4.73. The Kier molecular flexibility index (Phi) is 4.10. The summed E-state index contributed by atoms with van der Waals surface area (Å²) in [6.07, 6.45) is 2.07. The first-order chi connectivity index (χ1) is 6.42. The standard InChI is InChI=1S/C10H15BrOSSi/c1-13-8-5-6-9(11)10(7-8)12-14(2,3)4/h5-7H,1-4H3. The van der Waals surface area contributed by atoms with Crippen molar-refractivity contribution in [1.29, 1.82) is 0 Å². The number of hydrogen-bond donors (Lipinski definition) is 0. The maximum Gasteiger partial charge on any atom is 0.242 e. The van der Waals surface area contributed by atoms with Crippen molar-refractivity contribution < 1.29 is 4.43 Å². The Labute approximate surface area is 99.5 Å². The van der Waals surface area contributed by atoms with Crippen LogP contribution in [0.5, 0.6) is 5.75 Å². The highest BCUT2D eigenvalue weighted by atomic mass is 79.9. The largest absolute Gasteiger partial charge is 0.544 e. The van der Waals surface area contributed by atoms with Crippen molar-refractivity contribution in [3.05, 3.63) is 22.7 Å². The van der Waals surface area contributed by atoms with Crippen molar-refractivity contribution in [3.8, 4) is 5.75 Å². The molecule has 0 atom stereocenters. The number of hydrogen-bond acceptors (Lipinski definition) is 2. The van der Waals surface area contributed by atoms with Gasteiger partial charge in [-0.05, 0) is 60.0 Å². The molecule has 0 spiro atoms. The molecular weight excluding hydrogens is 276 g/mol. The van der Waals surface area contributed by atoms with Crippen molar-refractivity contribution in [1.82, 2.24) is 0 Å². The molecule has 0 fully saturated rings. The maximum absolute atomic E-state index is 5.95. The zero-order chi connectivity index (χ0) is 10.8. The lowest BCUT2D eigenvalue weighted by atomic mass is 10.3. The summed E-state index contributed by atoms with van der Waals surface area (Å²) in [5.41, 5.74) is 0. The van der Waals surface area contributed by atoms with Gasteiger partial charge >= 0.3 is 0 Å². The Morgan fingerprint density at radius 3 is 2.43 bits per heavy atom. The van der Waals surface area contributed by atoms with Crippen molar-refractivity contribution in [2.45, 2.75) is 24.5 Å². The fourth-order valence-corrected chi connectivity index (χ4v) is 2.75. The molecule has 1 aromatic rings. The second-order valence-corrected chi connectivity index (χ2v) is 10.2. The minimum Gasteiger partial charge on any atom is -0.544 e. The highest BCUT2D eigenvalue weighted by molar-refractivity contribution is 9.10. The molecule has 1 rings (SSSR count). The first kappa shape index (κ1) is 12.1. The van der Waals surface area contributed by atoms with E-state index in [9.17, 15) is 0 Å². The van der Waals surface area contributed by atoms with E-state index >= 15 is 0 Å². The van der Waals surface area contributed by atoms with Crippen LogP contribution in [-0.2, 0) is 0 Å². The van der Waals surface area contributed by atoms with Gasteiger partial charge in [-0.1, -0.05) is 0 Å². The van der Waals surface area contributed by atoms with Crippen LogP contribution >= 0.6 is 27.7 Å². The van der Waals surface area contributed by atoms with E-state index in [-0.39, 0.29) is 0 Å². The molecule has 0 saturated carbocycles. The van der Waals surface area contributed by atoms with Crippen LogP contribution in [0.3, 0.4) is 0 Å². The molecule has 0 heterocycles. The molecule has 1 nitrogen and oxygen atoms in total. The van der Waals surface area contributed by atoms with Crippen LogP contribution in [0.1, 0.15) is 0 Å². The second-order valence-electron chi connectivity index (χ2n) is 4.01. The van der Waals surface area contributed by atoms with Gasteiger partial charge in [-0.25, -0.2) is 0 Å². The smallest absolute Gasteiger partial charge is 0.242 e. The molecule has 4 heteroatoms. The molecule has 0 bridgehead atoms. The minimum atomic E-state index is -1.50. The summed E-state index contributed by atoms with van der Waals surface area (Å²) in [5.74, 6) is 0.969. The number of thioether (sulfide) groups is 1. The lowest BCUT2D eigenvalue weighted by Gasteiger charge is -2.20. The van der Waals surface area contributed by atoms with Crippen molar-refractivity contribution in [2.75, 3.05) is 6.26 Å². The summed E-state index contributed by atoms with van der Waals surface area (Å²) in [7, 11) is -1.50. The van der Waals surface area contributed by atoms with Crippen LogP contribution in [0.15, 0.2) is 27.6 Å². The highest BCUT2D eigenvalue weighted by Crippen LogP contribution is 2.31. The third-order valence-electron chi connectivity index (χ3n) is 1.55. The number of benzene rings is 1. The average molecular weight is 291 g/mol. The normalized spacial score (nSPS) is 11.5. The van der Waals surface area contributed by atoms with Crippen molar-refractivity contribution in [3.63, 3.8) is 0 Å². The molecule has 0 amide bonds. The fraction of sp³-hybridized carbons (Fsp3) is 0.400. The third-order valence-corrected chi connectivity index (χ3v) is 3.77. The first-order valence-electron chi connectivity index (χ1n) is 4.45. The highest BCUT2D eigenvalue weighted by Gasteiger charge is 2.17. The summed E-state index contributed by atoms with van der Waals surface area (Å²) < 4.78 is 6.99. The van der Waals surface area contributed by atoms with Gasteiger partial charge in [-0.15, -0.1) is 11.8 Å². The van der Waals surface area contributed by atoms with Crippen LogP contribution in [0.25, 0.3) is 0 Å². The molecule has 0 radical (unpaired) electrons. The molecule has 0 unspecified atom stereocenters. The van der Waals surface area contributed by atoms with Gasteiger partial charge in [0.15, 0.2) is 0 Å². The predicted molar refractivity (Wildman–Crippen MR) is 69.9 cm³/mol. The van der Waals surface area contributed by atoms with Gasteiger partial charge < -0.3 is 4.43 Å². The quantitative estimate of drug-likeness (QED) is 0.603. The topological polar surface area (TPSA) is 9.23 Å². The zero-order valence-corrected chi connectivity index (χ0v) is 12.3. The van der Waals surface area contributed by atoms with Crippen LogP contribution in [0, 0.1) is 0 Å². The summed E-state index contributed by atoms with van der Waals surface area (Å²) in [5, 5.41) is 0. The molecule has 0 saturated heterocycles. The van der Waals surface area contributed by atoms with Crippen molar-refractivity contribution in [2.24, 2.45) is 0 Å². The Bertz CT molecular complexity index is 322. The Hall–Kier alpha value is 0.0669. The monoisotopic (exact) mass is 290 g/mol. The van der Waals surface area contributed by atoms with Gasteiger partial charge in [0.05, 0.1) is 4.47 Å². The molecule has 0 aliphatic heterocycles. The molecule has 0 N–H and O–H groups in total. The van der Waals surface area contributed by atoms with Gasteiger partial charge in [0.1, 0.15) is 5.75 Å². The van der Waals surface area contributed by atoms with Gasteiger partial charge in [0, 0.05) is 4.90 Å². The van der Waals surface area contributed by atoms with Gasteiger partial charge in [-0.2, -0.15) is 0 Å². The summed E-state index contributed by atoms with van der Waals surface area (Å²) in [6, 6.07) is 6.22. The van der Waals surface area contributed by atoms with E-state index in [1.54, 1.807) is 11.8 Å². The Morgan fingerprint density at radius 1 is 1.29 bits per heavy atom. The van der Waals surface area contributed by atoms with Gasteiger partial charge in [0.25, 0.3) is 0 Å². The molecule has 0 aliphatic rings. The van der Waals surface area contributed by atoms with E-state index in [2.05, 4.69) is 54.0 Å². The molecule has 0 aromatic heterocycles. The van der Waals surface area contributed by atoms with E-state index in [1.807, 2.05) is 6.07 Å². The number of halogens is 1. The minimum absolute atomic E-state index is 0.969. The van der Waals surface area contributed by atoms with E-state index < -0.39 is 8.32 Å². The molecule has 78 valence electrons. The van der Waals surface area contributed by atoms with E-state index in [1.165, 1.54) is 4.90 Å². The molecule has 1 aromatic carbocycles. The van der Waals surface area contributed by atoms with E-state index in [0.29, 0.717) is 0 Å². The molecule has 14 heavy (non-hydrogen) atoms. The van der Waals surface area contributed by atoms with Gasteiger partial charge in [-0.3, -0.25) is 0 Å². The summed E-state index contributed by atoms with van der Waals surface area (Å²) in [6.45, 7) is 6.56. The Balaban J connectivity index is 2.95. The lowest BCUT2D eigenvalue weighted by molar-refractivity contribution is 0.552. The van der Waals surface area contributed by atoms with E-state index in [4.69, 9.17) is 4.43 Å². The average Bonchev–Trinajstić information content (AvgIpc) is 2.06. The van der Waals surface area contributed by atoms with Crippen LogP contribution in [0.4, 0.5) is 0 Å². The third kappa shape index (κ3) is 3.67. The van der Waals surface area contributed by atoms with E-state index in [0.717, 1.165) is 10.2 Å². The van der Waals surface area contributed by atoms with Crippen LogP contribution in [0.2, 0.25) is 19.6 Å². The predicted octanol–water partition coefficient (Wildman–Crippen LogP) is 4.38. The van der Waals surface area contributed by atoms with Crippen LogP contribution in [-0.4, -0.2) is 14.6 Å². The number of rotatable bonds is 3. The lowest BCUT2D eigenvalue weighted by Crippen LogP contribution is -2.29. The summed E-state index contributed by atoms with van der Waals surface area (Å²) >= 11 is 5.23. The SMILES string of the molecule is CSc1ccc(Br)c(O[Si](C)(C)C)c1. The van der Waals surface area contributed by atoms with Crippen molar-refractivity contribution >= 4 is 36.0 Å². The maximum atomic E-state index is 5.95. The molecular formula is C10H15BrOSSi. The first-order valence-corrected chi connectivity index (χ1v) is 9.87. The van der Waals surface area contributed by atoms with Crippen LogP contribution < -0.4 is 4.43 Å². The summed E-state index contributed by atoms with van der Waals surface area (Å²) in [4.78, 5) is 1.24. The van der Waals surface area contributed by atoms with Gasteiger partial charge in [0.2, 0.25) is 8.32 Å². The molecule has 0 aliphatic carbocycles. The fourth-order valence-electron chi connectivity index (χ4n) is 1.02.